The molecule has 0 aliphatic carbocycles. The maximum absolute atomic E-state index is 12.6. The predicted molar refractivity (Wildman–Crippen MR) is 113 cm³/mol. The Morgan fingerprint density at radius 1 is 1.03 bits per heavy atom. The zero-order valence-corrected chi connectivity index (χ0v) is 16.9. The first kappa shape index (κ1) is 19.6. The molecule has 0 unspecified atom stereocenters. The molecule has 1 aromatic carbocycles. The van der Waals surface area contributed by atoms with Gasteiger partial charge in [0.05, 0.1) is 5.75 Å². The minimum absolute atomic E-state index is 0.000878. The molecule has 152 valence electrons. The van der Waals surface area contributed by atoms with Gasteiger partial charge in [0.25, 0.3) is 0 Å². The van der Waals surface area contributed by atoms with E-state index in [1.54, 1.807) is 0 Å². The molecule has 1 aliphatic heterocycles. The molecule has 7 nitrogen and oxygen atoms in total. The molecule has 1 saturated heterocycles. The maximum Gasteiger partial charge on any atom is 0.225 e. The van der Waals surface area contributed by atoms with E-state index in [0.717, 1.165) is 24.1 Å². The van der Waals surface area contributed by atoms with Gasteiger partial charge in [0.15, 0.2) is 0 Å². The monoisotopic (exact) mass is 412 g/mol. The van der Waals surface area contributed by atoms with Gasteiger partial charge in [-0.2, -0.15) is 0 Å². The minimum Gasteiger partial charge on any atom is -0.310 e. The summed E-state index contributed by atoms with van der Waals surface area (Å²) in [6.07, 6.45) is 4.11. The molecule has 3 aromatic rings. The number of amides is 1. The lowest BCUT2D eigenvalue weighted by Crippen LogP contribution is -2.30. The molecule has 0 spiro atoms. The summed E-state index contributed by atoms with van der Waals surface area (Å²) in [7, 11) is -3.27. The Kier molecular flexibility index (Phi) is 5.64. The minimum atomic E-state index is -3.27. The Morgan fingerprint density at radius 2 is 1.76 bits per heavy atom. The van der Waals surface area contributed by atoms with E-state index in [2.05, 4.69) is 10.3 Å². The van der Waals surface area contributed by atoms with Crippen LogP contribution in [-0.2, 0) is 14.8 Å². The molecule has 0 atom stereocenters. The average Bonchev–Trinajstić information content (AvgIpc) is 3.38. The van der Waals surface area contributed by atoms with Gasteiger partial charge in [-0.05, 0) is 31.4 Å². The van der Waals surface area contributed by atoms with Crippen molar-refractivity contribution in [2.45, 2.75) is 25.7 Å². The van der Waals surface area contributed by atoms with E-state index in [4.69, 9.17) is 0 Å². The molecule has 1 aliphatic rings. The molecule has 0 saturated carbocycles. The predicted octanol–water partition coefficient (Wildman–Crippen LogP) is 3.15. The number of anilines is 1. The van der Waals surface area contributed by atoms with Crippen LogP contribution in [0.5, 0.6) is 0 Å². The number of imidazole rings is 1. The SMILES string of the molecule is O=C(CCCS(=O)(=O)N1CCCC1)Nc1c(-c2ccccc2)nc2ccccn12. The van der Waals surface area contributed by atoms with E-state index in [1.807, 2.05) is 59.1 Å². The van der Waals surface area contributed by atoms with Crippen LogP contribution in [0.3, 0.4) is 0 Å². The lowest BCUT2D eigenvalue weighted by atomic mass is 10.1. The van der Waals surface area contributed by atoms with Crippen molar-refractivity contribution < 1.29 is 13.2 Å². The Labute approximate surface area is 170 Å². The van der Waals surface area contributed by atoms with E-state index in [-0.39, 0.29) is 18.1 Å². The summed E-state index contributed by atoms with van der Waals surface area (Å²) >= 11 is 0. The number of aromatic nitrogens is 2. The number of hydrogen-bond donors (Lipinski definition) is 1. The summed E-state index contributed by atoms with van der Waals surface area (Å²) in [6.45, 7) is 1.19. The van der Waals surface area contributed by atoms with E-state index in [1.165, 1.54) is 4.31 Å². The largest absolute Gasteiger partial charge is 0.310 e. The van der Waals surface area contributed by atoms with Gasteiger partial charge in [-0.1, -0.05) is 36.4 Å². The van der Waals surface area contributed by atoms with E-state index >= 15 is 0 Å². The number of carbonyl (C=O) groups is 1. The van der Waals surface area contributed by atoms with Crippen LogP contribution in [0.4, 0.5) is 5.82 Å². The summed E-state index contributed by atoms with van der Waals surface area (Å²) in [5.41, 5.74) is 2.33. The van der Waals surface area contributed by atoms with Gasteiger partial charge < -0.3 is 5.32 Å². The number of benzene rings is 1. The normalized spacial score (nSPS) is 15.0. The molecule has 8 heteroatoms. The van der Waals surface area contributed by atoms with Crippen molar-refractivity contribution in [1.29, 1.82) is 0 Å². The average molecular weight is 413 g/mol. The standard InChI is InChI=1S/C21H24N4O3S/c26-19(12-8-16-29(27,28)24-13-6-7-14-24)23-21-20(17-9-2-1-3-10-17)22-18-11-4-5-15-25(18)21/h1-5,9-11,15H,6-8,12-14,16H2,(H,23,26). The maximum atomic E-state index is 12.6. The van der Waals surface area contributed by atoms with Crippen LogP contribution in [-0.4, -0.2) is 46.9 Å². The third-order valence-electron chi connectivity index (χ3n) is 5.10. The quantitative estimate of drug-likeness (QED) is 0.646. The number of fused-ring (bicyclic) bond motifs is 1. The molecular weight excluding hydrogens is 388 g/mol. The first-order valence-electron chi connectivity index (χ1n) is 9.85. The third-order valence-corrected chi connectivity index (χ3v) is 7.06. The Hall–Kier alpha value is -2.71. The zero-order chi connectivity index (χ0) is 20.3. The highest BCUT2D eigenvalue weighted by Gasteiger charge is 2.25. The Morgan fingerprint density at radius 3 is 2.52 bits per heavy atom. The Bertz CT molecular complexity index is 1100. The summed E-state index contributed by atoms with van der Waals surface area (Å²) in [4.78, 5) is 17.2. The summed E-state index contributed by atoms with van der Waals surface area (Å²) in [5, 5.41) is 2.94. The highest BCUT2D eigenvalue weighted by molar-refractivity contribution is 7.89. The van der Waals surface area contributed by atoms with Crippen molar-refractivity contribution in [2.75, 3.05) is 24.2 Å². The molecular formula is C21H24N4O3S. The molecule has 1 amide bonds. The van der Waals surface area contributed by atoms with Crippen LogP contribution in [0.2, 0.25) is 0 Å². The first-order valence-corrected chi connectivity index (χ1v) is 11.5. The van der Waals surface area contributed by atoms with Gasteiger partial charge in [0.2, 0.25) is 15.9 Å². The molecule has 0 radical (unpaired) electrons. The number of pyridine rings is 1. The second-order valence-corrected chi connectivity index (χ2v) is 9.27. The van der Waals surface area contributed by atoms with Crippen molar-refractivity contribution in [2.24, 2.45) is 0 Å². The Balaban J connectivity index is 1.48. The number of nitrogens with zero attached hydrogens (tertiary/aromatic N) is 3. The molecule has 1 fully saturated rings. The van der Waals surface area contributed by atoms with E-state index < -0.39 is 10.0 Å². The highest BCUT2D eigenvalue weighted by atomic mass is 32.2. The van der Waals surface area contributed by atoms with Crippen molar-refractivity contribution in [3.8, 4) is 11.3 Å². The molecule has 1 N–H and O–H groups in total. The summed E-state index contributed by atoms with van der Waals surface area (Å²) in [5.74, 6) is 0.378. The highest BCUT2D eigenvalue weighted by Crippen LogP contribution is 2.28. The van der Waals surface area contributed by atoms with Gasteiger partial charge in [0, 0.05) is 31.3 Å². The topological polar surface area (TPSA) is 83.8 Å². The second kappa shape index (κ2) is 8.34. The fourth-order valence-corrected chi connectivity index (χ4v) is 5.20. The van der Waals surface area contributed by atoms with Crippen LogP contribution in [0, 0.1) is 0 Å². The number of carbonyl (C=O) groups excluding carboxylic acids is 1. The van der Waals surface area contributed by atoms with Crippen molar-refractivity contribution >= 4 is 27.4 Å². The lowest BCUT2D eigenvalue weighted by molar-refractivity contribution is -0.116. The van der Waals surface area contributed by atoms with Crippen LogP contribution in [0.15, 0.2) is 54.7 Å². The van der Waals surface area contributed by atoms with Crippen molar-refractivity contribution in [3.63, 3.8) is 0 Å². The van der Waals surface area contributed by atoms with E-state index in [0.29, 0.717) is 31.0 Å². The van der Waals surface area contributed by atoms with Crippen LogP contribution in [0.25, 0.3) is 16.9 Å². The van der Waals surface area contributed by atoms with Crippen molar-refractivity contribution in [3.05, 3.63) is 54.7 Å². The molecule has 0 bridgehead atoms. The van der Waals surface area contributed by atoms with Gasteiger partial charge in [0.1, 0.15) is 17.2 Å². The fraction of sp³-hybridized carbons (Fsp3) is 0.333. The number of sulfonamides is 1. The molecule has 4 rings (SSSR count). The van der Waals surface area contributed by atoms with Gasteiger partial charge in [-0.15, -0.1) is 0 Å². The number of hydrogen-bond acceptors (Lipinski definition) is 4. The molecule has 2 aromatic heterocycles. The van der Waals surface area contributed by atoms with E-state index in [9.17, 15) is 13.2 Å². The van der Waals surface area contributed by atoms with Gasteiger partial charge in [-0.25, -0.2) is 17.7 Å². The smallest absolute Gasteiger partial charge is 0.225 e. The number of nitrogens with one attached hydrogen (secondary N) is 1. The molecule has 29 heavy (non-hydrogen) atoms. The lowest BCUT2D eigenvalue weighted by Gasteiger charge is -2.15. The number of rotatable bonds is 7. The van der Waals surface area contributed by atoms with Crippen LogP contribution < -0.4 is 5.32 Å². The summed E-state index contributed by atoms with van der Waals surface area (Å²) < 4.78 is 28.0. The van der Waals surface area contributed by atoms with Crippen LogP contribution in [0.1, 0.15) is 25.7 Å². The third kappa shape index (κ3) is 4.33. The molecule has 3 heterocycles. The second-order valence-electron chi connectivity index (χ2n) is 7.18. The van der Waals surface area contributed by atoms with Gasteiger partial charge in [-0.3, -0.25) is 9.20 Å². The van der Waals surface area contributed by atoms with Gasteiger partial charge >= 0.3 is 0 Å². The van der Waals surface area contributed by atoms with Crippen molar-refractivity contribution in [1.82, 2.24) is 13.7 Å². The summed E-state index contributed by atoms with van der Waals surface area (Å²) in [6, 6.07) is 15.3. The fourth-order valence-electron chi connectivity index (χ4n) is 3.62. The van der Waals surface area contributed by atoms with Crippen LogP contribution >= 0.6 is 0 Å². The zero-order valence-electron chi connectivity index (χ0n) is 16.1. The first-order chi connectivity index (χ1) is 14.0.